The molecule has 0 aliphatic rings. The number of benzene rings is 3. The van der Waals surface area contributed by atoms with Gasteiger partial charge in [-0.15, -0.1) is 0 Å². The minimum Gasteiger partial charge on any atom is -0.494 e. The number of nitrogens with zero attached hydrogens (tertiary/aromatic N) is 3. The van der Waals surface area contributed by atoms with Gasteiger partial charge in [-0.3, -0.25) is 10.1 Å². The van der Waals surface area contributed by atoms with E-state index in [1.165, 1.54) is 12.1 Å². The van der Waals surface area contributed by atoms with Gasteiger partial charge in [0.25, 0.3) is 5.69 Å². The minimum atomic E-state index is -0.444. The Morgan fingerprint density at radius 3 is 2.50 bits per heavy atom. The van der Waals surface area contributed by atoms with Crippen LogP contribution in [0.3, 0.4) is 0 Å². The van der Waals surface area contributed by atoms with Gasteiger partial charge in [-0.25, -0.2) is 4.99 Å². The van der Waals surface area contributed by atoms with Gasteiger partial charge in [-0.05, 0) is 50.8 Å². The van der Waals surface area contributed by atoms with Crippen molar-refractivity contribution < 1.29 is 10.0 Å². The normalized spacial score (nSPS) is 11.9. The van der Waals surface area contributed by atoms with Crippen molar-refractivity contribution in [2.75, 3.05) is 14.1 Å². The molecule has 0 atom stereocenters. The molecule has 3 aromatic carbocycles. The third-order valence-corrected chi connectivity index (χ3v) is 5.18. The number of aliphatic imine (C=N–C) groups is 1. The van der Waals surface area contributed by atoms with Gasteiger partial charge >= 0.3 is 0 Å². The molecule has 7 nitrogen and oxygen atoms in total. The predicted octanol–water partition coefficient (Wildman–Crippen LogP) is 5.32. The van der Waals surface area contributed by atoms with E-state index in [2.05, 4.69) is 9.88 Å². The number of nitro groups is 1. The largest absolute Gasteiger partial charge is 0.494 e. The summed E-state index contributed by atoms with van der Waals surface area (Å²) in [4.78, 5) is 20.8. The molecule has 162 valence electrons. The lowest BCUT2D eigenvalue weighted by atomic mass is 9.99. The predicted molar refractivity (Wildman–Crippen MR) is 127 cm³/mol. The van der Waals surface area contributed by atoms with Crippen molar-refractivity contribution in [2.45, 2.75) is 13.5 Å². The highest BCUT2D eigenvalue weighted by Crippen LogP contribution is 2.33. The van der Waals surface area contributed by atoms with Gasteiger partial charge in [0.15, 0.2) is 5.88 Å². The highest BCUT2D eigenvalue weighted by molar-refractivity contribution is 6.22. The average molecular weight is 428 g/mol. The SMILES string of the molecule is Cc1cccc(C(=Nc2ccc(CN(C)C)cc2)c2c(O)[nH]c3ccc([N+](=O)[O-])cc23)c1. The number of hydrogen-bond donors (Lipinski definition) is 2. The van der Waals surface area contributed by atoms with E-state index in [9.17, 15) is 15.2 Å². The summed E-state index contributed by atoms with van der Waals surface area (Å²) in [5, 5.41) is 22.7. The maximum Gasteiger partial charge on any atom is 0.270 e. The molecule has 4 aromatic rings. The van der Waals surface area contributed by atoms with E-state index in [0.29, 0.717) is 22.2 Å². The van der Waals surface area contributed by atoms with Crippen LogP contribution in [0.25, 0.3) is 10.9 Å². The summed E-state index contributed by atoms with van der Waals surface area (Å²) >= 11 is 0. The maximum atomic E-state index is 11.3. The monoisotopic (exact) mass is 428 g/mol. The molecule has 0 aliphatic carbocycles. The Balaban J connectivity index is 1.91. The Labute approximate surface area is 185 Å². The molecule has 0 fully saturated rings. The maximum absolute atomic E-state index is 11.3. The van der Waals surface area contributed by atoms with Gasteiger partial charge in [-0.2, -0.15) is 0 Å². The van der Waals surface area contributed by atoms with Crippen LogP contribution in [0.2, 0.25) is 0 Å². The van der Waals surface area contributed by atoms with Gasteiger partial charge in [0, 0.05) is 35.1 Å². The van der Waals surface area contributed by atoms with Crippen LogP contribution in [-0.4, -0.2) is 39.7 Å². The van der Waals surface area contributed by atoms with Crippen molar-refractivity contribution in [1.82, 2.24) is 9.88 Å². The number of aromatic amines is 1. The number of hydrogen-bond acceptors (Lipinski definition) is 5. The van der Waals surface area contributed by atoms with Crippen LogP contribution in [0.1, 0.15) is 22.3 Å². The first-order valence-electron chi connectivity index (χ1n) is 10.2. The van der Waals surface area contributed by atoms with Gasteiger partial charge in [0.05, 0.1) is 21.9 Å². The molecule has 0 aliphatic heterocycles. The van der Waals surface area contributed by atoms with Gasteiger partial charge in [0.2, 0.25) is 0 Å². The number of nitro benzene ring substituents is 1. The molecule has 7 heteroatoms. The van der Waals surface area contributed by atoms with Crippen molar-refractivity contribution in [2.24, 2.45) is 4.99 Å². The van der Waals surface area contributed by atoms with E-state index in [1.807, 2.05) is 69.6 Å². The zero-order valence-electron chi connectivity index (χ0n) is 18.2. The summed E-state index contributed by atoms with van der Waals surface area (Å²) < 4.78 is 0. The van der Waals surface area contributed by atoms with Crippen LogP contribution < -0.4 is 0 Å². The lowest BCUT2D eigenvalue weighted by molar-refractivity contribution is -0.384. The first-order valence-corrected chi connectivity index (χ1v) is 10.2. The van der Waals surface area contributed by atoms with Crippen LogP contribution in [0.15, 0.2) is 71.7 Å². The van der Waals surface area contributed by atoms with E-state index >= 15 is 0 Å². The third-order valence-electron chi connectivity index (χ3n) is 5.18. The molecule has 0 radical (unpaired) electrons. The molecular weight excluding hydrogens is 404 g/mol. The molecular formula is C25H24N4O3. The smallest absolute Gasteiger partial charge is 0.270 e. The lowest BCUT2D eigenvalue weighted by Gasteiger charge is -2.11. The highest BCUT2D eigenvalue weighted by Gasteiger charge is 2.21. The van der Waals surface area contributed by atoms with Gasteiger partial charge in [-0.1, -0.05) is 35.9 Å². The number of H-pyrrole nitrogens is 1. The Morgan fingerprint density at radius 2 is 1.84 bits per heavy atom. The van der Waals surface area contributed by atoms with Crippen LogP contribution in [0, 0.1) is 17.0 Å². The van der Waals surface area contributed by atoms with Gasteiger partial charge < -0.3 is 15.0 Å². The summed E-state index contributed by atoms with van der Waals surface area (Å²) in [6.07, 6.45) is 0. The molecule has 0 spiro atoms. The molecule has 0 unspecified atom stereocenters. The number of aromatic hydroxyl groups is 1. The van der Waals surface area contributed by atoms with Crippen LogP contribution in [-0.2, 0) is 6.54 Å². The first kappa shape index (κ1) is 21.3. The van der Waals surface area contributed by atoms with Crippen molar-refractivity contribution in [3.8, 4) is 5.88 Å². The van der Waals surface area contributed by atoms with E-state index in [-0.39, 0.29) is 11.6 Å². The van der Waals surface area contributed by atoms with E-state index in [0.717, 1.165) is 28.9 Å². The van der Waals surface area contributed by atoms with E-state index in [4.69, 9.17) is 4.99 Å². The fraction of sp³-hybridized carbons (Fsp3) is 0.160. The Kier molecular flexibility index (Phi) is 5.75. The zero-order chi connectivity index (χ0) is 22.8. The third kappa shape index (κ3) is 4.38. The van der Waals surface area contributed by atoms with E-state index in [1.54, 1.807) is 6.07 Å². The van der Waals surface area contributed by atoms with Gasteiger partial charge in [0.1, 0.15) is 0 Å². The standard InChI is InChI=1S/C25H24N4O3/c1-16-5-4-6-18(13-16)24(26-19-9-7-17(8-10-19)15-28(2)3)23-21-14-20(29(31)32)11-12-22(21)27-25(23)30/h4-14,27,30H,15H2,1-3H3. The van der Waals surface area contributed by atoms with Crippen LogP contribution >= 0.6 is 0 Å². The lowest BCUT2D eigenvalue weighted by Crippen LogP contribution is -2.10. The molecule has 1 aromatic heterocycles. The van der Waals surface area contributed by atoms with Crippen LogP contribution in [0.5, 0.6) is 5.88 Å². The fourth-order valence-electron chi connectivity index (χ4n) is 3.75. The number of aromatic nitrogens is 1. The summed E-state index contributed by atoms with van der Waals surface area (Å²) in [7, 11) is 4.03. The second-order valence-electron chi connectivity index (χ2n) is 8.07. The Morgan fingerprint density at radius 1 is 1.09 bits per heavy atom. The van der Waals surface area contributed by atoms with Crippen molar-refractivity contribution in [3.63, 3.8) is 0 Å². The molecule has 0 saturated carbocycles. The summed E-state index contributed by atoms with van der Waals surface area (Å²) in [5.74, 6) is -0.0787. The highest BCUT2D eigenvalue weighted by atomic mass is 16.6. The molecule has 0 bridgehead atoms. The summed E-state index contributed by atoms with van der Waals surface area (Å²) in [6, 6.07) is 20.2. The Bertz CT molecular complexity index is 1320. The number of rotatable bonds is 6. The molecule has 0 amide bonds. The van der Waals surface area contributed by atoms with Crippen LogP contribution in [0.4, 0.5) is 11.4 Å². The molecule has 0 saturated heterocycles. The topological polar surface area (TPSA) is 94.8 Å². The number of fused-ring (bicyclic) bond motifs is 1. The molecule has 4 rings (SSSR count). The number of non-ortho nitro benzene ring substituents is 1. The quantitative estimate of drug-likeness (QED) is 0.247. The number of aryl methyl sites for hydroxylation is 1. The molecule has 1 heterocycles. The molecule has 32 heavy (non-hydrogen) atoms. The van der Waals surface area contributed by atoms with Crippen molar-refractivity contribution in [1.29, 1.82) is 0 Å². The van der Waals surface area contributed by atoms with Crippen molar-refractivity contribution >= 4 is 28.0 Å². The second kappa shape index (κ2) is 8.64. The number of nitrogens with one attached hydrogen (secondary N) is 1. The zero-order valence-corrected chi connectivity index (χ0v) is 18.2. The van der Waals surface area contributed by atoms with Crippen molar-refractivity contribution in [3.05, 3.63) is 99.1 Å². The summed E-state index contributed by atoms with van der Waals surface area (Å²) in [5.41, 5.74) is 5.27. The summed E-state index contributed by atoms with van der Waals surface area (Å²) in [6.45, 7) is 2.80. The first-order chi connectivity index (χ1) is 15.3. The van der Waals surface area contributed by atoms with E-state index < -0.39 is 4.92 Å². The molecule has 2 N–H and O–H groups in total. The Hall–Kier alpha value is -3.97. The second-order valence-corrected chi connectivity index (χ2v) is 8.07. The average Bonchev–Trinajstić information content (AvgIpc) is 3.07. The minimum absolute atomic E-state index is 0.0469. The fourth-order valence-corrected chi connectivity index (χ4v) is 3.75.